The monoisotopic (exact) mass is 158 g/mol. The van der Waals surface area contributed by atoms with E-state index in [9.17, 15) is 9.59 Å². The average molecular weight is 158 g/mol. The van der Waals surface area contributed by atoms with Crippen molar-refractivity contribution in [2.75, 3.05) is 20.6 Å². The van der Waals surface area contributed by atoms with Crippen LogP contribution >= 0.6 is 0 Å². The van der Waals surface area contributed by atoms with Crippen molar-refractivity contribution in [3.63, 3.8) is 0 Å². The molecule has 4 nitrogen and oxygen atoms in total. The molecule has 0 aliphatic heterocycles. The topological polar surface area (TPSA) is 49.4 Å². The van der Waals surface area contributed by atoms with Gasteiger partial charge in [0, 0.05) is 20.6 Å². The van der Waals surface area contributed by atoms with Crippen LogP contribution in [0.5, 0.6) is 0 Å². The molecule has 0 aromatic heterocycles. The van der Waals surface area contributed by atoms with Crippen LogP contribution in [0.15, 0.2) is 0 Å². The van der Waals surface area contributed by atoms with Crippen molar-refractivity contribution in [2.24, 2.45) is 5.92 Å². The zero-order valence-electron chi connectivity index (χ0n) is 7.13. The van der Waals surface area contributed by atoms with Crippen LogP contribution in [-0.4, -0.2) is 37.9 Å². The molecule has 0 spiro atoms. The maximum atomic E-state index is 10.9. The van der Waals surface area contributed by atoms with Crippen molar-refractivity contribution >= 4 is 12.3 Å². The van der Waals surface area contributed by atoms with Crippen LogP contribution in [0.2, 0.25) is 0 Å². The summed E-state index contributed by atoms with van der Waals surface area (Å²) < 4.78 is 0. The molecule has 11 heavy (non-hydrogen) atoms. The molecule has 0 rings (SSSR count). The Labute approximate surface area is 66.6 Å². The number of amides is 2. The zero-order valence-corrected chi connectivity index (χ0v) is 7.13. The molecule has 0 bridgehead atoms. The average Bonchev–Trinajstić information content (AvgIpc) is 2.02. The van der Waals surface area contributed by atoms with E-state index in [1.54, 1.807) is 21.0 Å². The van der Waals surface area contributed by atoms with Crippen LogP contribution in [0.1, 0.15) is 6.92 Å². The van der Waals surface area contributed by atoms with E-state index in [-0.39, 0.29) is 11.8 Å². The Kier molecular flexibility index (Phi) is 4.26. The molecular formula is C7H14N2O2. The summed E-state index contributed by atoms with van der Waals surface area (Å²) in [5, 5.41) is 2.51. The predicted molar refractivity (Wildman–Crippen MR) is 41.9 cm³/mol. The molecule has 0 fully saturated rings. The van der Waals surface area contributed by atoms with E-state index >= 15 is 0 Å². The number of hydrogen-bond acceptors (Lipinski definition) is 2. The predicted octanol–water partition coefficient (Wildman–Crippen LogP) is -0.543. The van der Waals surface area contributed by atoms with E-state index in [0.29, 0.717) is 13.0 Å². The Morgan fingerprint density at radius 2 is 2.27 bits per heavy atom. The van der Waals surface area contributed by atoms with Gasteiger partial charge in [-0.1, -0.05) is 6.92 Å². The molecule has 1 atom stereocenters. The minimum Gasteiger partial charge on any atom is -0.359 e. The lowest BCUT2D eigenvalue weighted by Gasteiger charge is -2.15. The highest BCUT2D eigenvalue weighted by Gasteiger charge is 2.11. The highest BCUT2D eigenvalue weighted by molar-refractivity contribution is 5.78. The third kappa shape index (κ3) is 3.60. The van der Waals surface area contributed by atoms with Gasteiger partial charge in [0.1, 0.15) is 0 Å². The van der Waals surface area contributed by atoms with Gasteiger partial charge in [-0.2, -0.15) is 0 Å². The number of nitrogens with zero attached hydrogens (tertiary/aromatic N) is 1. The lowest BCUT2D eigenvalue weighted by atomic mass is 10.1. The van der Waals surface area contributed by atoms with Gasteiger partial charge in [0.05, 0.1) is 5.92 Å². The van der Waals surface area contributed by atoms with Crippen molar-refractivity contribution in [3.05, 3.63) is 0 Å². The van der Waals surface area contributed by atoms with Crippen molar-refractivity contribution in [3.8, 4) is 0 Å². The Morgan fingerprint density at radius 1 is 1.73 bits per heavy atom. The first-order valence-electron chi connectivity index (χ1n) is 3.49. The first kappa shape index (κ1) is 9.94. The van der Waals surface area contributed by atoms with E-state index in [4.69, 9.17) is 0 Å². The summed E-state index contributed by atoms with van der Waals surface area (Å²) in [6.45, 7) is 2.24. The number of carbonyl (C=O) groups is 2. The molecule has 2 amide bonds. The summed E-state index contributed by atoms with van der Waals surface area (Å²) >= 11 is 0. The van der Waals surface area contributed by atoms with E-state index < -0.39 is 0 Å². The van der Waals surface area contributed by atoms with Gasteiger partial charge in [0.25, 0.3) is 0 Å². The van der Waals surface area contributed by atoms with E-state index in [2.05, 4.69) is 5.32 Å². The normalized spacial score (nSPS) is 11.9. The molecule has 0 heterocycles. The van der Waals surface area contributed by atoms with Crippen molar-refractivity contribution in [1.82, 2.24) is 10.2 Å². The summed E-state index contributed by atoms with van der Waals surface area (Å²) in [6.07, 6.45) is 0.708. The van der Waals surface area contributed by atoms with E-state index in [0.717, 1.165) is 0 Å². The lowest BCUT2D eigenvalue weighted by Crippen LogP contribution is -2.33. The molecule has 0 saturated carbocycles. The van der Waals surface area contributed by atoms with Gasteiger partial charge in [-0.25, -0.2) is 0 Å². The summed E-state index contributed by atoms with van der Waals surface area (Å²) in [6, 6.07) is 0. The van der Waals surface area contributed by atoms with Crippen LogP contribution in [0.3, 0.4) is 0 Å². The Hall–Kier alpha value is -1.06. The second-order valence-electron chi connectivity index (χ2n) is 2.56. The van der Waals surface area contributed by atoms with Crippen molar-refractivity contribution in [1.29, 1.82) is 0 Å². The molecule has 0 aromatic carbocycles. The third-order valence-corrected chi connectivity index (χ3v) is 1.44. The number of nitrogens with one attached hydrogen (secondary N) is 1. The molecule has 64 valence electrons. The Bertz CT molecular complexity index is 147. The Balaban J connectivity index is 3.76. The zero-order chi connectivity index (χ0) is 8.85. The van der Waals surface area contributed by atoms with Gasteiger partial charge in [-0.3, -0.25) is 9.59 Å². The summed E-state index contributed by atoms with van der Waals surface area (Å²) in [7, 11) is 3.23. The molecule has 0 aliphatic carbocycles. The molecule has 0 radical (unpaired) electrons. The van der Waals surface area contributed by atoms with Gasteiger partial charge in [0.15, 0.2) is 0 Å². The quantitative estimate of drug-likeness (QED) is 0.558. The highest BCUT2D eigenvalue weighted by Crippen LogP contribution is 1.95. The van der Waals surface area contributed by atoms with Gasteiger partial charge < -0.3 is 10.2 Å². The van der Waals surface area contributed by atoms with Gasteiger partial charge in [-0.05, 0) is 0 Å². The smallest absolute Gasteiger partial charge is 0.224 e. The van der Waals surface area contributed by atoms with Crippen LogP contribution in [0.25, 0.3) is 0 Å². The second kappa shape index (κ2) is 4.71. The molecule has 0 saturated heterocycles. The number of hydrogen-bond donors (Lipinski definition) is 1. The molecule has 4 heteroatoms. The van der Waals surface area contributed by atoms with Crippen LogP contribution in [0, 0.1) is 5.92 Å². The fourth-order valence-corrected chi connectivity index (χ4v) is 0.804. The second-order valence-corrected chi connectivity index (χ2v) is 2.56. The first-order valence-corrected chi connectivity index (χ1v) is 3.49. The fourth-order valence-electron chi connectivity index (χ4n) is 0.804. The SMILES string of the molecule is CNC(=O)C(C)CN(C)C=O. The van der Waals surface area contributed by atoms with Crippen molar-refractivity contribution < 1.29 is 9.59 Å². The van der Waals surface area contributed by atoms with Gasteiger partial charge in [-0.15, -0.1) is 0 Å². The minimum absolute atomic E-state index is 0.0429. The third-order valence-electron chi connectivity index (χ3n) is 1.44. The van der Waals surface area contributed by atoms with Crippen LogP contribution < -0.4 is 5.32 Å². The Morgan fingerprint density at radius 3 is 2.64 bits per heavy atom. The molecule has 1 unspecified atom stereocenters. The lowest BCUT2D eigenvalue weighted by molar-refractivity contribution is -0.125. The van der Waals surface area contributed by atoms with Gasteiger partial charge in [0.2, 0.25) is 12.3 Å². The summed E-state index contributed by atoms with van der Waals surface area (Å²) in [4.78, 5) is 22.5. The van der Waals surface area contributed by atoms with Crippen LogP contribution in [-0.2, 0) is 9.59 Å². The van der Waals surface area contributed by atoms with E-state index in [1.807, 2.05) is 0 Å². The fraction of sp³-hybridized carbons (Fsp3) is 0.714. The highest BCUT2D eigenvalue weighted by atomic mass is 16.2. The molecule has 0 aromatic rings. The minimum atomic E-state index is -0.143. The molecule has 0 aliphatic rings. The number of carbonyl (C=O) groups excluding carboxylic acids is 2. The molecular weight excluding hydrogens is 144 g/mol. The van der Waals surface area contributed by atoms with Crippen molar-refractivity contribution in [2.45, 2.75) is 6.92 Å². The largest absolute Gasteiger partial charge is 0.359 e. The summed E-state index contributed by atoms with van der Waals surface area (Å²) in [5.74, 6) is -0.186. The maximum Gasteiger partial charge on any atom is 0.224 e. The van der Waals surface area contributed by atoms with E-state index in [1.165, 1.54) is 4.90 Å². The maximum absolute atomic E-state index is 10.9. The summed E-state index contributed by atoms with van der Waals surface area (Å²) in [5.41, 5.74) is 0. The first-order chi connectivity index (χ1) is 5.11. The van der Waals surface area contributed by atoms with Crippen LogP contribution in [0.4, 0.5) is 0 Å². The standard InChI is InChI=1S/C7H14N2O2/c1-6(7(11)8-2)4-9(3)5-10/h5-6H,4H2,1-3H3,(H,8,11). The number of rotatable bonds is 4. The van der Waals surface area contributed by atoms with Gasteiger partial charge >= 0.3 is 0 Å². The molecule has 1 N–H and O–H groups in total.